The van der Waals surface area contributed by atoms with Gasteiger partial charge in [-0.2, -0.15) is 0 Å². The van der Waals surface area contributed by atoms with Gasteiger partial charge >= 0.3 is 0 Å². The third kappa shape index (κ3) is 3.17. The van der Waals surface area contributed by atoms with Gasteiger partial charge in [0.2, 0.25) is 0 Å². The molecule has 0 N–H and O–H groups in total. The van der Waals surface area contributed by atoms with Gasteiger partial charge in [0.1, 0.15) is 0 Å². The van der Waals surface area contributed by atoms with Crippen LogP contribution in [-0.4, -0.2) is 9.13 Å². The highest BCUT2D eigenvalue weighted by molar-refractivity contribution is 6.26. The van der Waals surface area contributed by atoms with E-state index in [1.54, 1.807) is 0 Å². The Bertz CT molecular complexity index is 2360. The summed E-state index contributed by atoms with van der Waals surface area (Å²) in [5.41, 5.74) is 7.94. The number of para-hydroxylation sites is 3. The van der Waals surface area contributed by atoms with Gasteiger partial charge in [0.05, 0.1) is 28.9 Å². The van der Waals surface area contributed by atoms with Gasteiger partial charge in [-0.15, -0.1) is 0 Å². The SMILES string of the molecule is [2H]c1c([2H])c([2H])c(-n2c3ccccc3c3c2ccc2c4ccccc4n(-c4ccc5c(c4)C(C)(C)CCC5(C)C)c23)c([2H])c1[2H]. The van der Waals surface area contributed by atoms with Crippen LogP contribution in [0.1, 0.15) is 58.5 Å². The van der Waals surface area contributed by atoms with Crippen LogP contribution in [0.2, 0.25) is 0 Å². The maximum absolute atomic E-state index is 8.85. The Kier molecular flexibility index (Phi) is 3.83. The first-order valence-electron chi connectivity index (χ1n) is 16.6. The molecular formula is C38H34N2. The second-order valence-corrected chi connectivity index (χ2v) is 12.5. The van der Waals surface area contributed by atoms with Crippen molar-refractivity contribution in [2.24, 2.45) is 0 Å². The first kappa shape index (κ1) is 18.9. The number of aromatic nitrogens is 2. The smallest absolute Gasteiger partial charge is 0.0645 e. The summed E-state index contributed by atoms with van der Waals surface area (Å²) < 4.78 is 46.9. The molecule has 8 rings (SSSR count). The zero-order valence-electron chi connectivity index (χ0n) is 28.3. The number of nitrogens with zero attached hydrogens (tertiary/aromatic N) is 2. The summed E-state index contributed by atoms with van der Waals surface area (Å²) in [4.78, 5) is 0. The minimum Gasteiger partial charge on any atom is -0.309 e. The van der Waals surface area contributed by atoms with Crippen LogP contribution in [0.4, 0.5) is 0 Å². The lowest BCUT2D eigenvalue weighted by Gasteiger charge is -2.42. The summed E-state index contributed by atoms with van der Waals surface area (Å²) >= 11 is 0. The second-order valence-electron chi connectivity index (χ2n) is 12.5. The Morgan fingerprint density at radius 1 is 0.575 bits per heavy atom. The minimum absolute atomic E-state index is 0.0476. The molecule has 0 bridgehead atoms. The number of hydrogen-bond acceptors (Lipinski definition) is 0. The summed E-state index contributed by atoms with van der Waals surface area (Å²) in [7, 11) is 0. The van der Waals surface area contributed by atoms with Gasteiger partial charge in [-0.25, -0.2) is 0 Å². The molecule has 0 aliphatic heterocycles. The zero-order chi connectivity index (χ0) is 31.6. The van der Waals surface area contributed by atoms with Crippen LogP contribution >= 0.6 is 0 Å². The minimum atomic E-state index is -0.393. The molecular weight excluding hydrogens is 484 g/mol. The topological polar surface area (TPSA) is 9.86 Å². The molecule has 40 heavy (non-hydrogen) atoms. The Balaban J connectivity index is 1.56. The molecule has 0 spiro atoms. The van der Waals surface area contributed by atoms with Crippen molar-refractivity contribution >= 4 is 43.6 Å². The maximum Gasteiger partial charge on any atom is 0.0645 e. The van der Waals surface area contributed by atoms with E-state index in [0.29, 0.717) is 0 Å². The monoisotopic (exact) mass is 523 g/mol. The fourth-order valence-corrected chi connectivity index (χ4v) is 7.09. The van der Waals surface area contributed by atoms with E-state index in [4.69, 9.17) is 6.85 Å². The van der Waals surface area contributed by atoms with Crippen LogP contribution in [-0.2, 0) is 10.8 Å². The van der Waals surface area contributed by atoms with Crippen LogP contribution in [0.5, 0.6) is 0 Å². The molecule has 196 valence electrons. The molecule has 2 nitrogen and oxygen atoms in total. The van der Waals surface area contributed by atoms with Gasteiger partial charge in [-0.3, -0.25) is 0 Å². The van der Waals surface area contributed by atoms with E-state index in [-0.39, 0.29) is 40.7 Å². The van der Waals surface area contributed by atoms with Gasteiger partial charge in [0.25, 0.3) is 0 Å². The predicted octanol–water partition coefficient (Wildman–Crippen LogP) is 10.2. The Labute approximate surface area is 242 Å². The third-order valence-electron chi connectivity index (χ3n) is 9.27. The molecule has 5 aromatic carbocycles. The quantitative estimate of drug-likeness (QED) is 0.213. The van der Waals surface area contributed by atoms with Crippen LogP contribution < -0.4 is 0 Å². The van der Waals surface area contributed by atoms with E-state index >= 15 is 0 Å². The number of benzene rings is 5. The fourth-order valence-electron chi connectivity index (χ4n) is 7.09. The first-order chi connectivity index (χ1) is 21.4. The number of hydrogen-bond donors (Lipinski definition) is 0. The van der Waals surface area contributed by atoms with Crippen molar-refractivity contribution in [3.63, 3.8) is 0 Å². The molecule has 0 atom stereocenters. The highest BCUT2D eigenvalue weighted by Crippen LogP contribution is 2.47. The average Bonchev–Trinajstić information content (AvgIpc) is 3.54. The fraction of sp³-hybridized carbons (Fsp3) is 0.211. The second kappa shape index (κ2) is 8.11. The predicted molar refractivity (Wildman–Crippen MR) is 170 cm³/mol. The molecule has 2 aromatic heterocycles. The molecule has 0 fully saturated rings. The van der Waals surface area contributed by atoms with Gasteiger partial charge in [-0.05, 0) is 77.2 Å². The third-order valence-corrected chi connectivity index (χ3v) is 9.27. The molecule has 0 unspecified atom stereocenters. The lowest BCUT2D eigenvalue weighted by molar-refractivity contribution is 0.332. The molecule has 1 aliphatic carbocycles. The molecule has 7 aromatic rings. The van der Waals surface area contributed by atoms with Crippen LogP contribution in [0, 0.1) is 0 Å². The van der Waals surface area contributed by atoms with E-state index in [2.05, 4.69) is 86.9 Å². The Hall–Kier alpha value is -4.30. The van der Waals surface area contributed by atoms with Crippen molar-refractivity contribution < 1.29 is 6.85 Å². The van der Waals surface area contributed by atoms with Crippen LogP contribution in [0.3, 0.4) is 0 Å². The van der Waals surface area contributed by atoms with Crippen molar-refractivity contribution in [2.45, 2.75) is 51.4 Å². The van der Waals surface area contributed by atoms with Crippen LogP contribution in [0.15, 0.2) is 109 Å². The normalized spacial score (nSPS) is 17.9. The molecule has 0 radical (unpaired) electrons. The van der Waals surface area contributed by atoms with E-state index in [1.165, 1.54) is 11.1 Å². The largest absolute Gasteiger partial charge is 0.309 e. The summed E-state index contributed by atoms with van der Waals surface area (Å²) in [5.74, 6) is 0. The van der Waals surface area contributed by atoms with Gasteiger partial charge in [0.15, 0.2) is 0 Å². The van der Waals surface area contributed by atoms with Crippen LogP contribution in [0.25, 0.3) is 55.0 Å². The van der Waals surface area contributed by atoms with Gasteiger partial charge < -0.3 is 9.13 Å². The highest BCUT2D eigenvalue weighted by Gasteiger charge is 2.37. The van der Waals surface area contributed by atoms with Gasteiger partial charge in [-0.1, -0.05) is 94.4 Å². The van der Waals surface area contributed by atoms with Crippen molar-refractivity contribution in [3.05, 3.63) is 120 Å². The van der Waals surface area contributed by atoms with Gasteiger partial charge in [0, 0.05) is 32.9 Å². The molecule has 0 amide bonds. The maximum atomic E-state index is 8.85. The lowest BCUT2D eigenvalue weighted by Crippen LogP contribution is -2.33. The summed E-state index contributed by atoms with van der Waals surface area (Å²) in [6.07, 6.45) is 2.28. The summed E-state index contributed by atoms with van der Waals surface area (Å²) in [6.45, 7) is 9.39. The zero-order valence-corrected chi connectivity index (χ0v) is 23.3. The first-order valence-corrected chi connectivity index (χ1v) is 14.1. The summed E-state index contributed by atoms with van der Waals surface area (Å²) in [6, 6.07) is 26.1. The van der Waals surface area contributed by atoms with E-state index in [9.17, 15) is 0 Å². The molecule has 0 saturated heterocycles. The molecule has 2 heterocycles. The van der Waals surface area contributed by atoms with Crippen molar-refractivity contribution in [1.29, 1.82) is 0 Å². The van der Waals surface area contributed by atoms with Crippen molar-refractivity contribution in [1.82, 2.24) is 9.13 Å². The molecule has 1 aliphatic rings. The number of fused-ring (bicyclic) bond motifs is 8. The highest BCUT2D eigenvalue weighted by atomic mass is 15.0. The molecule has 2 heteroatoms. The lowest BCUT2D eigenvalue weighted by atomic mass is 9.63. The number of rotatable bonds is 2. The van der Waals surface area contributed by atoms with E-state index in [0.717, 1.165) is 62.1 Å². The van der Waals surface area contributed by atoms with Crippen molar-refractivity contribution in [3.8, 4) is 11.4 Å². The van der Waals surface area contributed by atoms with E-state index in [1.807, 2.05) is 28.8 Å². The summed E-state index contributed by atoms with van der Waals surface area (Å²) in [5, 5.41) is 4.21. The standard InChI is InChI=1S/C38H34N2/c1-37(2)22-23-38(3,4)31-24-26(18-20-30(31)37)40-32-16-10-8-14-27(32)28-19-21-34-35(36(28)40)29-15-9-11-17-33(29)39(34)25-12-6-5-7-13-25/h5-21,24H,22-23H2,1-4H3/i5D,6D,7D,12D,13D. The van der Waals surface area contributed by atoms with E-state index < -0.39 is 6.04 Å². The average molecular weight is 524 g/mol. The molecule has 0 saturated carbocycles. The van der Waals surface area contributed by atoms with Crippen molar-refractivity contribution in [2.75, 3.05) is 0 Å². The Morgan fingerprint density at radius 3 is 1.98 bits per heavy atom. The Morgan fingerprint density at radius 2 is 1.23 bits per heavy atom.